The third kappa shape index (κ3) is 4.34. The van der Waals surface area contributed by atoms with Gasteiger partial charge in [-0.2, -0.15) is 0 Å². The molecule has 3 aliphatic carbocycles. The Kier molecular flexibility index (Phi) is 6.18. The second-order valence-electron chi connectivity index (χ2n) is 9.32. The number of hydrogen-bond donors (Lipinski definition) is 0. The zero-order valence-electron chi connectivity index (χ0n) is 16.8. The average Bonchev–Trinajstić information content (AvgIpc) is 2.74. The van der Waals surface area contributed by atoms with Crippen LogP contribution in [-0.2, 0) is 4.79 Å². The molecular formula is C25H33FO2. The van der Waals surface area contributed by atoms with E-state index in [1.807, 2.05) is 0 Å². The molecule has 3 saturated carbocycles. The Morgan fingerprint density at radius 2 is 1.64 bits per heavy atom. The van der Waals surface area contributed by atoms with Crippen LogP contribution in [0.5, 0.6) is 5.75 Å². The van der Waals surface area contributed by atoms with Gasteiger partial charge in [-0.15, -0.1) is 6.58 Å². The summed E-state index contributed by atoms with van der Waals surface area (Å²) in [6, 6.07) is 5.78. The molecule has 2 nitrogen and oxygen atoms in total. The van der Waals surface area contributed by atoms with Crippen LogP contribution in [0.25, 0.3) is 0 Å². The average molecular weight is 385 g/mol. The van der Waals surface area contributed by atoms with Crippen molar-refractivity contribution in [2.24, 2.45) is 35.5 Å². The minimum atomic E-state index is -0.307. The highest BCUT2D eigenvalue weighted by Crippen LogP contribution is 2.50. The minimum absolute atomic E-state index is 0.0151. The van der Waals surface area contributed by atoms with E-state index in [1.54, 1.807) is 12.1 Å². The van der Waals surface area contributed by atoms with E-state index in [-0.39, 0.29) is 17.7 Å². The van der Waals surface area contributed by atoms with Gasteiger partial charge in [0, 0.05) is 0 Å². The minimum Gasteiger partial charge on any atom is -0.426 e. The van der Waals surface area contributed by atoms with Gasteiger partial charge in [-0.1, -0.05) is 18.9 Å². The van der Waals surface area contributed by atoms with E-state index in [9.17, 15) is 9.18 Å². The molecule has 0 N–H and O–H groups in total. The Balaban J connectivity index is 1.35. The maximum absolute atomic E-state index is 13.1. The number of carbonyl (C=O) groups is 1. The van der Waals surface area contributed by atoms with Crippen LogP contribution in [0.3, 0.4) is 0 Å². The Labute approximate surface area is 168 Å². The van der Waals surface area contributed by atoms with Crippen LogP contribution >= 0.6 is 0 Å². The summed E-state index contributed by atoms with van der Waals surface area (Å²) in [5, 5.41) is 0. The molecule has 3 fully saturated rings. The Morgan fingerprint density at radius 3 is 2.36 bits per heavy atom. The Morgan fingerprint density at radius 1 is 0.929 bits per heavy atom. The molecular weight excluding hydrogens is 351 g/mol. The second kappa shape index (κ2) is 8.80. The lowest BCUT2D eigenvalue weighted by atomic mass is 9.59. The first-order chi connectivity index (χ1) is 13.6. The molecule has 0 saturated heterocycles. The van der Waals surface area contributed by atoms with E-state index < -0.39 is 0 Å². The van der Waals surface area contributed by atoms with Crippen LogP contribution in [0.4, 0.5) is 4.39 Å². The fourth-order valence-corrected chi connectivity index (χ4v) is 6.27. The van der Waals surface area contributed by atoms with Gasteiger partial charge in [0.1, 0.15) is 11.6 Å². The first kappa shape index (κ1) is 19.7. The summed E-state index contributed by atoms with van der Waals surface area (Å²) in [4.78, 5) is 12.8. The summed E-state index contributed by atoms with van der Waals surface area (Å²) < 4.78 is 18.7. The van der Waals surface area contributed by atoms with Crippen molar-refractivity contribution in [3.8, 4) is 5.75 Å². The van der Waals surface area contributed by atoms with Gasteiger partial charge in [0.25, 0.3) is 0 Å². The molecule has 0 amide bonds. The number of allylic oxidation sites excluding steroid dienone is 1. The van der Waals surface area contributed by atoms with Crippen LogP contribution in [0, 0.1) is 41.3 Å². The predicted molar refractivity (Wildman–Crippen MR) is 109 cm³/mol. The number of hydrogen-bond acceptors (Lipinski definition) is 2. The largest absolute Gasteiger partial charge is 0.426 e. The number of ether oxygens (including phenoxy) is 1. The van der Waals surface area contributed by atoms with E-state index in [0.29, 0.717) is 17.6 Å². The number of fused-ring (bicyclic) bond motifs is 1. The molecule has 0 aliphatic heterocycles. The smallest absolute Gasteiger partial charge is 0.314 e. The Hall–Kier alpha value is -1.64. The number of benzene rings is 1. The first-order valence-corrected chi connectivity index (χ1v) is 11.2. The van der Waals surface area contributed by atoms with Crippen molar-refractivity contribution in [3.63, 3.8) is 0 Å². The van der Waals surface area contributed by atoms with Gasteiger partial charge in [-0.25, -0.2) is 4.39 Å². The quantitative estimate of drug-likeness (QED) is 0.334. The fourth-order valence-electron chi connectivity index (χ4n) is 6.27. The van der Waals surface area contributed by atoms with Crippen molar-refractivity contribution in [2.75, 3.05) is 0 Å². The van der Waals surface area contributed by atoms with Crippen LogP contribution in [0.15, 0.2) is 36.9 Å². The van der Waals surface area contributed by atoms with E-state index in [2.05, 4.69) is 12.7 Å². The highest BCUT2D eigenvalue weighted by molar-refractivity contribution is 5.75. The molecule has 152 valence electrons. The number of carbonyl (C=O) groups excluding carboxylic acids is 1. The maximum atomic E-state index is 13.1. The molecule has 0 bridgehead atoms. The van der Waals surface area contributed by atoms with Crippen molar-refractivity contribution in [2.45, 2.75) is 64.2 Å². The molecule has 3 heteroatoms. The molecule has 28 heavy (non-hydrogen) atoms. The van der Waals surface area contributed by atoms with Crippen LogP contribution in [-0.4, -0.2) is 5.97 Å². The van der Waals surface area contributed by atoms with Crippen molar-refractivity contribution in [1.29, 1.82) is 0 Å². The van der Waals surface area contributed by atoms with E-state index in [4.69, 9.17) is 4.74 Å². The van der Waals surface area contributed by atoms with Crippen molar-refractivity contribution < 1.29 is 13.9 Å². The maximum Gasteiger partial charge on any atom is 0.314 e. The van der Waals surface area contributed by atoms with Crippen LogP contribution in [0.1, 0.15) is 64.2 Å². The fraction of sp³-hybridized carbons (Fsp3) is 0.640. The zero-order chi connectivity index (χ0) is 19.5. The SMILES string of the molecule is C=CC1CCC(C2CCC3C(CCCC3C(=O)Oc3ccc(F)cc3)C2)CC1. The molecule has 0 heterocycles. The molecule has 0 spiro atoms. The zero-order valence-corrected chi connectivity index (χ0v) is 16.8. The monoisotopic (exact) mass is 384 g/mol. The van der Waals surface area contributed by atoms with E-state index >= 15 is 0 Å². The van der Waals surface area contributed by atoms with Crippen molar-refractivity contribution in [3.05, 3.63) is 42.7 Å². The number of halogens is 1. The summed E-state index contributed by atoms with van der Waals surface area (Å²) in [6.45, 7) is 3.97. The molecule has 1 aromatic rings. The van der Waals surface area contributed by atoms with E-state index in [1.165, 1.54) is 63.5 Å². The lowest BCUT2D eigenvalue weighted by Crippen LogP contribution is -2.40. The van der Waals surface area contributed by atoms with Crippen molar-refractivity contribution >= 4 is 5.97 Å². The van der Waals surface area contributed by atoms with Gasteiger partial charge in [0.15, 0.2) is 0 Å². The summed E-state index contributed by atoms with van der Waals surface area (Å²) in [6.07, 6.45) is 14.5. The summed E-state index contributed by atoms with van der Waals surface area (Å²) >= 11 is 0. The lowest BCUT2D eigenvalue weighted by Gasteiger charge is -2.45. The standard InChI is InChI=1S/C25H33FO2/c1-2-17-6-8-18(9-7-17)19-10-15-23-20(16-19)4-3-5-24(23)25(27)28-22-13-11-21(26)12-14-22/h2,11-14,17-20,23-24H,1,3-10,15-16H2. The van der Waals surface area contributed by atoms with Gasteiger partial charge >= 0.3 is 5.97 Å². The third-order valence-corrected chi connectivity index (χ3v) is 7.84. The van der Waals surface area contributed by atoms with Gasteiger partial charge in [0.2, 0.25) is 0 Å². The number of esters is 1. The number of rotatable bonds is 4. The van der Waals surface area contributed by atoms with Gasteiger partial charge in [0.05, 0.1) is 5.92 Å². The summed E-state index contributed by atoms with van der Waals surface area (Å²) in [5.41, 5.74) is 0. The first-order valence-electron chi connectivity index (χ1n) is 11.2. The molecule has 0 radical (unpaired) electrons. The Bertz CT molecular complexity index is 674. The predicted octanol–water partition coefficient (Wildman–Crippen LogP) is 6.56. The summed E-state index contributed by atoms with van der Waals surface area (Å²) in [7, 11) is 0. The molecule has 3 aliphatic rings. The normalized spacial score (nSPS) is 35.6. The third-order valence-electron chi connectivity index (χ3n) is 7.84. The topological polar surface area (TPSA) is 26.3 Å². The molecule has 0 aromatic heterocycles. The summed E-state index contributed by atoms with van der Waals surface area (Å²) in [5.74, 6) is 3.67. The van der Waals surface area contributed by atoms with E-state index in [0.717, 1.165) is 30.6 Å². The van der Waals surface area contributed by atoms with Gasteiger partial charge < -0.3 is 4.74 Å². The molecule has 1 aromatic carbocycles. The van der Waals surface area contributed by atoms with Crippen LogP contribution < -0.4 is 4.74 Å². The van der Waals surface area contributed by atoms with Gasteiger partial charge in [-0.3, -0.25) is 4.79 Å². The molecule has 4 rings (SSSR count). The second-order valence-corrected chi connectivity index (χ2v) is 9.32. The van der Waals surface area contributed by atoms with Crippen molar-refractivity contribution in [1.82, 2.24) is 0 Å². The highest BCUT2D eigenvalue weighted by atomic mass is 19.1. The lowest BCUT2D eigenvalue weighted by molar-refractivity contribution is -0.144. The molecule has 4 atom stereocenters. The molecule has 4 unspecified atom stereocenters. The van der Waals surface area contributed by atoms with Gasteiger partial charge in [-0.05, 0) is 105 Å². The van der Waals surface area contributed by atoms with Crippen LogP contribution in [0.2, 0.25) is 0 Å². The highest BCUT2D eigenvalue weighted by Gasteiger charge is 2.43.